The number of aliphatic hydroxyl groups is 1. The summed E-state index contributed by atoms with van der Waals surface area (Å²) >= 11 is 0. The molecule has 1 N–H and O–H groups in total. The molecule has 0 aliphatic heterocycles. The van der Waals surface area contributed by atoms with Crippen LogP contribution in [0.3, 0.4) is 0 Å². The molecule has 0 aliphatic carbocycles. The molecule has 0 saturated carbocycles. The highest BCUT2D eigenvalue weighted by atomic mass is 31.2. The highest BCUT2D eigenvalue weighted by molar-refractivity contribution is 7.45. The van der Waals surface area contributed by atoms with Gasteiger partial charge in [-0.05, 0) is 83.5 Å². The van der Waals surface area contributed by atoms with Gasteiger partial charge in [0.05, 0.1) is 33.9 Å². The molecular weight excluding hydrogens is 814 g/mol. The smallest absolute Gasteiger partial charge is 0.306 e. The third-order valence-corrected chi connectivity index (χ3v) is 9.75. The highest BCUT2D eigenvalue weighted by Crippen LogP contribution is 2.38. The Morgan fingerprint density at radius 3 is 1.60 bits per heavy atom. The van der Waals surface area contributed by atoms with Gasteiger partial charge < -0.3 is 33.0 Å². The van der Waals surface area contributed by atoms with Gasteiger partial charge in [0.25, 0.3) is 7.82 Å². The first-order valence-electron chi connectivity index (χ1n) is 23.0. The van der Waals surface area contributed by atoms with Gasteiger partial charge in [-0.1, -0.05) is 160 Å². The summed E-state index contributed by atoms with van der Waals surface area (Å²) < 4.78 is 33.6. The van der Waals surface area contributed by atoms with Crippen molar-refractivity contribution < 1.29 is 47.2 Å². The average Bonchev–Trinajstić information content (AvgIpc) is 3.24. The van der Waals surface area contributed by atoms with Crippen molar-refractivity contribution in [2.45, 2.75) is 135 Å². The van der Waals surface area contributed by atoms with Gasteiger partial charge in [-0.25, -0.2) is 0 Å². The first kappa shape index (κ1) is 59.1. The van der Waals surface area contributed by atoms with Crippen LogP contribution in [0, 0.1) is 0 Å². The Morgan fingerprint density at radius 1 is 0.603 bits per heavy atom. The molecule has 0 amide bonds. The summed E-state index contributed by atoms with van der Waals surface area (Å²) in [6, 6.07) is 0. The number of hydrogen-bond acceptors (Lipinski definition) is 9. The van der Waals surface area contributed by atoms with Gasteiger partial charge in [-0.15, -0.1) is 0 Å². The van der Waals surface area contributed by atoms with E-state index in [-0.39, 0.29) is 25.9 Å². The average molecular weight is 896 g/mol. The number of quaternary nitrogens is 1. The van der Waals surface area contributed by atoms with Crippen molar-refractivity contribution in [2.75, 3.05) is 47.5 Å². The number of likely N-dealkylation sites (N-methyl/N-ethyl adjacent to an activating group) is 1. The van der Waals surface area contributed by atoms with Crippen molar-refractivity contribution in [3.63, 3.8) is 0 Å². The molecule has 3 atom stereocenters. The Morgan fingerprint density at radius 2 is 1.10 bits per heavy atom. The molecule has 63 heavy (non-hydrogen) atoms. The molecule has 0 bridgehead atoms. The maximum Gasteiger partial charge on any atom is 0.306 e. The Labute approximate surface area is 382 Å². The second kappa shape index (κ2) is 42.1. The molecule has 0 heterocycles. The lowest BCUT2D eigenvalue weighted by Gasteiger charge is -2.28. The summed E-state index contributed by atoms with van der Waals surface area (Å²) in [5, 5.41) is 10.3. The quantitative estimate of drug-likeness (QED) is 0.0160. The predicted molar refractivity (Wildman–Crippen MR) is 260 cm³/mol. The van der Waals surface area contributed by atoms with Crippen LogP contribution in [0.1, 0.15) is 123 Å². The van der Waals surface area contributed by atoms with E-state index in [0.29, 0.717) is 17.4 Å². The largest absolute Gasteiger partial charge is 0.756 e. The number of allylic oxidation sites excluding steroid dienone is 21. The minimum absolute atomic E-state index is 0.0427. The van der Waals surface area contributed by atoms with Crippen LogP contribution in [-0.4, -0.2) is 81.2 Å². The Kier molecular flexibility index (Phi) is 39.5. The van der Waals surface area contributed by atoms with Crippen molar-refractivity contribution in [1.82, 2.24) is 0 Å². The molecule has 354 valence electrons. The lowest BCUT2D eigenvalue weighted by Crippen LogP contribution is -2.37. The van der Waals surface area contributed by atoms with E-state index in [0.717, 1.165) is 57.8 Å². The number of phosphoric ester groups is 1. The van der Waals surface area contributed by atoms with Gasteiger partial charge in [-0.3, -0.25) is 14.2 Å². The molecule has 0 radical (unpaired) electrons. The fourth-order valence-corrected chi connectivity index (χ4v) is 5.89. The van der Waals surface area contributed by atoms with Crippen molar-refractivity contribution in [3.05, 3.63) is 134 Å². The number of phosphoric acid groups is 1. The van der Waals surface area contributed by atoms with Gasteiger partial charge in [-0.2, -0.15) is 0 Å². The topological polar surface area (TPSA) is 131 Å². The van der Waals surface area contributed by atoms with Crippen LogP contribution >= 0.6 is 7.82 Å². The van der Waals surface area contributed by atoms with E-state index in [2.05, 4.69) is 111 Å². The van der Waals surface area contributed by atoms with E-state index in [1.807, 2.05) is 45.4 Å². The van der Waals surface area contributed by atoms with Gasteiger partial charge in [0.2, 0.25) is 0 Å². The number of carbonyl (C=O) groups is 2. The molecular formula is C52H82NO9P. The SMILES string of the molecule is CC/C=C\C/C=C\C/C=C\C/C=C\C/C=C\C=C/C(O)CCC(=O)OC[C@H](COP(=O)([O-])OCC[N+](C)(C)C)OC(=O)CC/C=C\C/C=C\C/C=C\C/C=C\C/C=C\CCCCC. The van der Waals surface area contributed by atoms with Crippen LogP contribution in [0.25, 0.3) is 0 Å². The maximum atomic E-state index is 12.7. The number of rotatable bonds is 39. The normalized spacial score (nSPS) is 15.2. The minimum Gasteiger partial charge on any atom is -0.756 e. The van der Waals surface area contributed by atoms with E-state index >= 15 is 0 Å². The van der Waals surface area contributed by atoms with Gasteiger partial charge in [0.1, 0.15) is 19.8 Å². The molecule has 0 aromatic heterocycles. The number of carbonyl (C=O) groups excluding carboxylic acids is 2. The molecule has 2 unspecified atom stereocenters. The first-order valence-corrected chi connectivity index (χ1v) is 24.5. The van der Waals surface area contributed by atoms with E-state index in [9.17, 15) is 24.2 Å². The number of hydrogen-bond donors (Lipinski definition) is 1. The van der Waals surface area contributed by atoms with Crippen molar-refractivity contribution in [3.8, 4) is 0 Å². The zero-order chi connectivity index (χ0) is 46.5. The van der Waals surface area contributed by atoms with Gasteiger partial charge in [0, 0.05) is 12.8 Å². The molecule has 0 aliphatic rings. The van der Waals surface area contributed by atoms with Gasteiger partial charge in [0.15, 0.2) is 6.10 Å². The standard InChI is InChI=1S/C52H82NO9P/c1-6-8-10-12-14-16-18-20-22-24-25-26-28-30-32-34-36-38-40-42-52(56)62-50(48-61-63(57,58)60-46-45-53(3,4)5)47-59-51(55)44-43-49(54)41-39-37-35-33-31-29-27-23-21-19-17-15-13-11-9-7-2/h9,11,14-17,20-23,25-26,29-32,35-39,41,49-50,54H,6-8,10,12-13,18-19,24,27-28,33-34,40,42-48H2,1-5H3/b11-9-,16-14-,17-15-,22-20-,23-21-,26-25-,31-29-,32-30-,37-35-,38-36-,41-39-/t49?,50-/m1/s1. The monoisotopic (exact) mass is 896 g/mol. The van der Waals surface area contributed by atoms with E-state index < -0.39 is 45.2 Å². The Bertz CT molecular complexity index is 1540. The summed E-state index contributed by atoms with van der Waals surface area (Å²) in [6.45, 7) is 3.68. The number of aliphatic hydroxyl groups excluding tert-OH is 1. The molecule has 0 spiro atoms. The third-order valence-electron chi connectivity index (χ3n) is 8.79. The van der Waals surface area contributed by atoms with E-state index in [1.54, 1.807) is 12.2 Å². The molecule has 0 aromatic carbocycles. The van der Waals surface area contributed by atoms with Crippen LogP contribution in [0.15, 0.2) is 134 Å². The zero-order valence-corrected chi connectivity index (χ0v) is 40.2. The predicted octanol–water partition coefficient (Wildman–Crippen LogP) is 11.8. The zero-order valence-electron chi connectivity index (χ0n) is 39.3. The molecule has 10 nitrogen and oxygen atoms in total. The van der Waals surface area contributed by atoms with E-state index in [4.69, 9.17) is 18.5 Å². The van der Waals surface area contributed by atoms with Crippen LogP contribution in [-0.2, 0) is 32.7 Å². The molecule has 11 heteroatoms. The summed E-state index contributed by atoms with van der Waals surface area (Å²) in [5.74, 6) is -1.23. The third kappa shape index (κ3) is 45.9. The first-order chi connectivity index (χ1) is 30.4. The molecule has 0 rings (SSSR count). The van der Waals surface area contributed by atoms with Crippen LogP contribution in [0.5, 0.6) is 0 Å². The number of unbranched alkanes of at least 4 members (excludes halogenated alkanes) is 3. The van der Waals surface area contributed by atoms with Crippen molar-refractivity contribution in [1.29, 1.82) is 0 Å². The fourth-order valence-electron chi connectivity index (χ4n) is 5.16. The highest BCUT2D eigenvalue weighted by Gasteiger charge is 2.21. The molecule has 0 saturated heterocycles. The van der Waals surface area contributed by atoms with Crippen molar-refractivity contribution in [2.24, 2.45) is 0 Å². The van der Waals surface area contributed by atoms with E-state index in [1.165, 1.54) is 25.7 Å². The Balaban J connectivity index is 4.71. The molecule has 0 aromatic rings. The summed E-state index contributed by atoms with van der Waals surface area (Å²) in [4.78, 5) is 37.6. The maximum absolute atomic E-state index is 12.7. The summed E-state index contributed by atoms with van der Waals surface area (Å²) in [5.41, 5.74) is 0. The number of nitrogens with zero attached hydrogens (tertiary/aromatic N) is 1. The van der Waals surface area contributed by atoms with Crippen LogP contribution in [0.4, 0.5) is 0 Å². The molecule has 0 fully saturated rings. The van der Waals surface area contributed by atoms with Gasteiger partial charge >= 0.3 is 11.9 Å². The fraction of sp³-hybridized carbons (Fsp3) is 0.538. The summed E-state index contributed by atoms with van der Waals surface area (Å²) in [7, 11) is 0.973. The second-order valence-corrected chi connectivity index (χ2v) is 17.3. The minimum atomic E-state index is -4.71. The number of ether oxygens (including phenoxy) is 2. The second-order valence-electron chi connectivity index (χ2n) is 15.9. The van der Waals surface area contributed by atoms with Crippen LogP contribution < -0.4 is 4.89 Å². The summed E-state index contributed by atoms with van der Waals surface area (Å²) in [6.07, 6.45) is 56.9. The van der Waals surface area contributed by atoms with Crippen LogP contribution in [0.2, 0.25) is 0 Å². The lowest BCUT2D eigenvalue weighted by atomic mass is 10.2. The Hall–Kier alpha value is -3.89. The lowest BCUT2D eigenvalue weighted by molar-refractivity contribution is -0.870. The number of esters is 2. The van der Waals surface area contributed by atoms with Crippen molar-refractivity contribution >= 4 is 19.8 Å².